The second-order valence-corrected chi connectivity index (χ2v) is 4.04. The summed E-state index contributed by atoms with van der Waals surface area (Å²) in [6.07, 6.45) is 0. The summed E-state index contributed by atoms with van der Waals surface area (Å²) in [5.74, 6) is 0. The van der Waals surface area contributed by atoms with Crippen molar-refractivity contribution in [3.05, 3.63) is 23.6 Å². The van der Waals surface area contributed by atoms with E-state index in [0.717, 1.165) is 10.5 Å². The molecule has 0 N–H and O–H groups in total. The molecule has 0 spiro atoms. The van der Waals surface area contributed by atoms with Crippen LogP contribution in [0.4, 0.5) is 0 Å². The highest BCUT2D eigenvalue weighted by Crippen LogP contribution is 2.24. The van der Waals surface area contributed by atoms with E-state index in [1.54, 1.807) is 11.8 Å². The average Bonchev–Trinajstić information content (AvgIpc) is 1.63. The van der Waals surface area contributed by atoms with Crippen LogP contribution in [0, 0.1) is 0 Å². The lowest BCUT2D eigenvalue weighted by atomic mass is 10.3. The van der Waals surface area contributed by atoms with E-state index in [-0.39, 0.29) is 0 Å². The molecule has 0 atom stereocenters. The molecule has 0 aliphatic rings. The largest absolute Gasteiger partial charge is 0.124 e. The molecule has 1 heteroatoms. The topological polar surface area (TPSA) is 0 Å². The third-order valence-electron chi connectivity index (χ3n) is 0.854. The van der Waals surface area contributed by atoms with Crippen LogP contribution in [0.25, 0.3) is 0 Å². The molecule has 9 heavy (non-hydrogen) atoms. The lowest BCUT2D eigenvalue weighted by Gasteiger charge is -2.05. The normalized spacial score (nSPS) is 9.78. The van der Waals surface area contributed by atoms with E-state index in [9.17, 15) is 0 Å². The van der Waals surface area contributed by atoms with Crippen molar-refractivity contribution in [1.82, 2.24) is 0 Å². The Kier molecular flexibility index (Phi) is 3.71. The first kappa shape index (κ1) is 8.83. The van der Waals surface area contributed by atoms with Crippen molar-refractivity contribution in [2.75, 3.05) is 0 Å². The van der Waals surface area contributed by atoms with Gasteiger partial charge in [0.15, 0.2) is 0 Å². The third-order valence-corrected chi connectivity index (χ3v) is 1.96. The van der Waals surface area contributed by atoms with Crippen LogP contribution in [0.2, 0.25) is 0 Å². The molecular weight excluding hydrogens is 128 g/mol. The lowest BCUT2D eigenvalue weighted by Crippen LogP contribution is -1.86. The Bertz CT molecular complexity index is 123. The molecule has 0 saturated heterocycles. The molecule has 0 rings (SSSR count). The Morgan fingerprint density at radius 1 is 1.33 bits per heavy atom. The minimum absolute atomic E-state index is 0.620. The molecule has 0 unspecified atom stereocenters. The van der Waals surface area contributed by atoms with Crippen molar-refractivity contribution >= 4 is 11.8 Å². The first-order valence-corrected chi connectivity index (χ1v) is 3.93. The molecule has 0 nitrogen and oxygen atoms in total. The van der Waals surface area contributed by atoms with Gasteiger partial charge in [-0.1, -0.05) is 27.0 Å². The van der Waals surface area contributed by atoms with Gasteiger partial charge in [0.1, 0.15) is 0 Å². The van der Waals surface area contributed by atoms with Gasteiger partial charge in [0.05, 0.1) is 0 Å². The molecular formula is C8H14S. The summed E-state index contributed by atoms with van der Waals surface area (Å²) in [6, 6.07) is 0. The predicted molar refractivity (Wildman–Crippen MR) is 46.7 cm³/mol. The molecule has 0 heterocycles. The third kappa shape index (κ3) is 4.34. The van der Waals surface area contributed by atoms with Gasteiger partial charge in [0.25, 0.3) is 0 Å². The van der Waals surface area contributed by atoms with Crippen LogP contribution < -0.4 is 0 Å². The molecule has 0 aromatic rings. The fourth-order valence-electron chi connectivity index (χ4n) is 0.385. The van der Waals surface area contributed by atoms with Crippen LogP contribution in [0.5, 0.6) is 0 Å². The van der Waals surface area contributed by atoms with Crippen LogP contribution in [-0.4, -0.2) is 5.25 Å². The zero-order valence-corrected chi connectivity index (χ0v) is 7.22. The maximum absolute atomic E-state index is 3.86. The van der Waals surface area contributed by atoms with Crippen molar-refractivity contribution < 1.29 is 0 Å². The fourth-order valence-corrected chi connectivity index (χ4v) is 1.16. The lowest BCUT2D eigenvalue weighted by molar-refractivity contribution is 1.12. The van der Waals surface area contributed by atoms with Crippen molar-refractivity contribution in [1.29, 1.82) is 0 Å². The van der Waals surface area contributed by atoms with E-state index in [0.29, 0.717) is 5.25 Å². The monoisotopic (exact) mass is 142 g/mol. The quantitative estimate of drug-likeness (QED) is 0.545. The molecule has 0 aliphatic carbocycles. The second kappa shape index (κ2) is 3.78. The van der Waals surface area contributed by atoms with Crippen molar-refractivity contribution in [3.63, 3.8) is 0 Å². The van der Waals surface area contributed by atoms with Crippen LogP contribution in [0.3, 0.4) is 0 Å². The average molecular weight is 142 g/mol. The van der Waals surface area contributed by atoms with E-state index < -0.39 is 0 Å². The summed E-state index contributed by atoms with van der Waals surface area (Å²) in [5.41, 5.74) is 1.08. The maximum atomic E-state index is 3.86. The van der Waals surface area contributed by atoms with E-state index in [1.165, 1.54) is 0 Å². The zero-order chi connectivity index (χ0) is 7.44. The smallest absolute Gasteiger partial charge is 0.00376 e. The van der Waals surface area contributed by atoms with Crippen LogP contribution >= 0.6 is 11.8 Å². The summed E-state index contributed by atoms with van der Waals surface area (Å²) in [7, 11) is 0. The highest BCUT2D eigenvalue weighted by atomic mass is 32.2. The first-order chi connectivity index (χ1) is 4.04. The van der Waals surface area contributed by atoms with Crippen molar-refractivity contribution in [3.8, 4) is 0 Å². The van der Waals surface area contributed by atoms with E-state index >= 15 is 0 Å². The van der Waals surface area contributed by atoms with Gasteiger partial charge in [-0.15, -0.1) is 11.8 Å². The SMILES string of the molecule is C=C(C)C(=C)SC(C)C. The summed E-state index contributed by atoms with van der Waals surface area (Å²) < 4.78 is 0. The molecule has 52 valence electrons. The minimum atomic E-state index is 0.620. The Labute approximate surface area is 62.0 Å². The van der Waals surface area contributed by atoms with Gasteiger partial charge in [-0.2, -0.15) is 0 Å². The minimum Gasteiger partial charge on any atom is -0.124 e. The molecule has 0 saturated carbocycles. The van der Waals surface area contributed by atoms with Crippen molar-refractivity contribution in [2.24, 2.45) is 0 Å². The first-order valence-electron chi connectivity index (χ1n) is 3.05. The molecule has 0 aliphatic heterocycles. The predicted octanol–water partition coefficient (Wildman–Crippen LogP) is 3.22. The van der Waals surface area contributed by atoms with E-state index in [1.807, 2.05) is 6.92 Å². The molecule has 0 bridgehead atoms. The zero-order valence-electron chi connectivity index (χ0n) is 6.40. The highest BCUT2D eigenvalue weighted by molar-refractivity contribution is 8.03. The number of thioether (sulfide) groups is 1. The van der Waals surface area contributed by atoms with Crippen molar-refractivity contribution in [2.45, 2.75) is 26.0 Å². The molecule has 0 aromatic carbocycles. The van der Waals surface area contributed by atoms with Gasteiger partial charge in [-0.25, -0.2) is 0 Å². The van der Waals surface area contributed by atoms with Gasteiger partial charge in [-0.3, -0.25) is 0 Å². The standard InChI is InChI=1S/C8H14S/c1-6(2)8(5)9-7(3)4/h7H,1,5H2,2-4H3. The number of hydrogen-bond acceptors (Lipinski definition) is 1. The molecule has 0 aromatic heterocycles. The highest BCUT2D eigenvalue weighted by Gasteiger charge is 1.97. The van der Waals surface area contributed by atoms with Gasteiger partial charge >= 0.3 is 0 Å². The van der Waals surface area contributed by atoms with Crippen LogP contribution in [0.1, 0.15) is 20.8 Å². The van der Waals surface area contributed by atoms with Crippen LogP contribution in [-0.2, 0) is 0 Å². The number of hydrogen-bond donors (Lipinski definition) is 0. The Morgan fingerprint density at radius 2 is 1.78 bits per heavy atom. The van der Waals surface area contributed by atoms with Gasteiger partial charge in [-0.05, 0) is 12.5 Å². The molecule has 0 amide bonds. The molecule has 0 radical (unpaired) electrons. The summed E-state index contributed by atoms with van der Waals surface area (Å²) >= 11 is 1.77. The Morgan fingerprint density at radius 3 is 1.89 bits per heavy atom. The Balaban J connectivity index is 3.65. The summed E-state index contributed by atoms with van der Waals surface area (Å²) in [5, 5.41) is 0.620. The summed E-state index contributed by atoms with van der Waals surface area (Å²) in [6.45, 7) is 13.9. The van der Waals surface area contributed by atoms with Crippen LogP contribution in [0.15, 0.2) is 23.6 Å². The number of rotatable bonds is 3. The van der Waals surface area contributed by atoms with Gasteiger partial charge in [0.2, 0.25) is 0 Å². The van der Waals surface area contributed by atoms with E-state index in [2.05, 4.69) is 27.0 Å². The van der Waals surface area contributed by atoms with Gasteiger partial charge < -0.3 is 0 Å². The molecule has 0 fully saturated rings. The fraction of sp³-hybridized carbons (Fsp3) is 0.500. The van der Waals surface area contributed by atoms with Gasteiger partial charge in [0, 0.05) is 10.2 Å². The second-order valence-electron chi connectivity index (χ2n) is 2.37. The number of allylic oxidation sites excluding steroid dienone is 1. The van der Waals surface area contributed by atoms with E-state index in [4.69, 9.17) is 0 Å². The maximum Gasteiger partial charge on any atom is 0.00376 e. The Hall–Kier alpha value is -0.170. The summed E-state index contributed by atoms with van der Waals surface area (Å²) in [4.78, 5) is 1.10.